The molecule has 32 heavy (non-hydrogen) atoms. The topological polar surface area (TPSA) is 98.6 Å². The maximum atomic E-state index is 5.98. The Labute approximate surface area is 190 Å². The van der Waals surface area contributed by atoms with E-state index in [1.54, 1.807) is 16.0 Å². The predicted octanol–water partition coefficient (Wildman–Crippen LogP) is 3.46. The third-order valence-electron chi connectivity index (χ3n) is 5.36. The summed E-state index contributed by atoms with van der Waals surface area (Å²) in [5.74, 6) is 2.81. The third-order valence-corrected chi connectivity index (χ3v) is 6.40. The molecule has 160 valence electrons. The predicted molar refractivity (Wildman–Crippen MR) is 126 cm³/mol. The molecule has 0 spiro atoms. The molecule has 2 N–H and O–H groups in total. The highest BCUT2D eigenvalue weighted by atomic mass is 32.1. The lowest BCUT2D eigenvalue weighted by Gasteiger charge is -2.25. The zero-order valence-corrected chi connectivity index (χ0v) is 18.3. The number of nitrogen functional groups attached to an aromatic ring is 1. The van der Waals surface area contributed by atoms with Crippen LogP contribution < -0.4 is 10.6 Å². The molecule has 1 aliphatic heterocycles. The van der Waals surface area contributed by atoms with Crippen molar-refractivity contribution in [1.29, 1.82) is 0 Å². The van der Waals surface area contributed by atoms with E-state index in [0.717, 1.165) is 34.2 Å². The van der Waals surface area contributed by atoms with Crippen LogP contribution in [0.4, 0.5) is 11.1 Å². The summed E-state index contributed by atoms with van der Waals surface area (Å²) in [6, 6.07) is 9.45. The van der Waals surface area contributed by atoms with Crippen LogP contribution in [0.2, 0.25) is 0 Å². The molecule has 1 fully saturated rings. The first kappa shape index (κ1) is 20.2. The lowest BCUT2D eigenvalue weighted by molar-refractivity contribution is 0.577. The minimum absolute atomic E-state index is 0.173. The van der Waals surface area contributed by atoms with Gasteiger partial charge in [0.15, 0.2) is 5.13 Å². The molecule has 0 atom stereocenters. The fraction of sp³-hybridized carbons (Fsp3) is 0.261. The number of nitrogens with zero attached hydrogens (tertiary/aromatic N) is 7. The van der Waals surface area contributed by atoms with Crippen LogP contribution in [0, 0.1) is 12.3 Å². The molecular formula is C23H22N8S. The van der Waals surface area contributed by atoms with Crippen molar-refractivity contribution in [3.63, 3.8) is 0 Å². The van der Waals surface area contributed by atoms with E-state index >= 15 is 0 Å². The molecule has 0 radical (unpaired) electrons. The van der Waals surface area contributed by atoms with E-state index in [9.17, 15) is 0 Å². The van der Waals surface area contributed by atoms with Crippen LogP contribution in [0.1, 0.15) is 29.7 Å². The van der Waals surface area contributed by atoms with E-state index in [1.165, 1.54) is 19.3 Å². The molecule has 0 unspecified atom stereocenters. The van der Waals surface area contributed by atoms with Crippen molar-refractivity contribution in [2.24, 2.45) is 0 Å². The van der Waals surface area contributed by atoms with E-state index in [2.05, 4.69) is 36.1 Å². The Kier molecular flexibility index (Phi) is 5.52. The van der Waals surface area contributed by atoms with Crippen molar-refractivity contribution in [3.8, 4) is 35.0 Å². The minimum Gasteiger partial charge on any atom is -0.368 e. The van der Waals surface area contributed by atoms with Crippen molar-refractivity contribution in [2.45, 2.75) is 25.8 Å². The van der Waals surface area contributed by atoms with Crippen LogP contribution >= 0.6 is 11.3 Å². The van der Waals surface area contributed by atoms with Gasteiger partial charge in [-0.05, 0) is 37.5 Å². The summed E-state index contributed by atoms with van der Waals surface area (Å²) in [5.41, 5.74) is 9.57. The van der Waals surface area contributed by atoms with Gasteiger partial charge in [-0.3, -0.25) is 0 Å². The highest BCUT2D eigenvalue weighted by Gasteiger charge is 2.15. The number of piperidine rings is 1. The molecule has 3 aromatic heterocycles. The van der Waals surface area contributed by atoms with Gasteiger partial charge in [-0.25, -0.2) is 19.6 Å². The van der Waals surface area contributed by atoms with Crippen molar-refractivity contribution in [1.82, 2.24) is 29.9 Å². The lowest BCUT2D eigenvalue weighted by Crippen LogP contribution is -2.29. The molecule has 8 nitrogen and oxygen atoms in total. The monoisotopic (exact) mass is 442 g/mol. The van der Waals surface area contributed by atoms with Crippen LogP contribution in [0.3, 0.4) is 0 Å². The van der Waals surface area contributed by atoms with Gasteiger partial charge in [-0.1, -0.05) is 34.6 Å². The van der Waals surface area contributed by atoms with Gasteiger partial charge < -0.3 is 10.6 Å². The van der Waals surface area contributed by atoms with Crippen LogP contribution in [-0.4, -0.2) is 43.0 Å². The van der Waals surface area contributed by atoms with Gasteiger partial charge in [0.05, 0.1) is 24.1 Å². The second-order valence-electron chi connectivity index (χ2n) is 7.68. The number of hydrogen-bond acceptors (Lipinski definition) is 8. The largest absolute Gasteiger partial charge is 0.368 e. The van der Waals surface area contributed by atoms with Gasteiger partial charge >= 0.3 is 0 Å². The number of anilines is 2. The summed E-state index contributed by atoms with van der Waals surface area (Å²) < 4.78 is 1.79. The number of rotatable bonds is 5. The lowest BCUT2D eigenvalue weighted by atomic mass is 10.1. The first-order valence-electron chi connectivity index (χ1n) is 10.5. The number of terminal acetylenes is 1. The Morgan fingerprint density at radius 1 is 1.06 bits per heavy atom. The van der Waals surface area contributed by atoms with Crippen LogP contribution in [-0.2, 0) is 6.54 Å². The highest BCUT2D eigenvalue weighted by Crippen LogP contribution is 2.27. The summed E-state index contributed by atoms with van der Waals surface area (Å²) in [4.78, 5) is 16.8. The second kappa shape index (κ2) is 8.77. The Bertz CT molecular complexity index is 1280. The highest BCUT2D eigenvalue weighted by molar-refractivity contribution is 7.15. The normalized spacial score (nSPS) is 13.8. The number of hydrogen-bond donors (Lipinski definition) is 1. The number of aromatic nitrogens is 6. The van der Waals surface area contributed by atoms with Gasteiger partial charge in [-0.2, -0.15) is 0 Å². The first-order chi connectivity index (χ1) is 15.7. The molecule has 9 heteroatoms. The molecule has 0 saturated carbocycles. The second-order valence-corrected chi connectivity index (χ2v) is 8.77. The average Bonchev–Trinajstić information content (AvgIpc) is 3.50. The Hall–Kier alpha value is -3.77. The average molecular weight is 443 g/mol. The Morgan fingerprint density at radius 3 is 2.75 bits per heavy atom. The Balaban J connectivity index is 1.36. The standard InChI is InChI=1S/C23H22N8S/c1-2-16-7-6-8-17(11-16)19-12-20(27-22(24)26-19)21-15-31(29-28-21)14-18-13-25-23(32-18)30-9-4-3-5-10-30/h1,6-8,11-13,15H,3-5,9-10,14H2,(H2,24,26,27). The number of nitrogens with two attached hydrogens (primary N) is 1. The van der Waals surface area contributed by atoms with E-state index in [0.29, 0.717) is 23.6 Å². The van der Waals surface area contributed by atoms with Crippen molar-refractivity contribution in [2.75, 3.05) is 23.7 Å². The zero-order valence-electron chi connectivity index (χ0n) is 17.5. The maximum absolute atomic E-state index is 5.98. The summed E-state index contributed by atoms with van der Waals surface area (Å²) in [6.07, 6.45) is 13.1. The van der Waals surface area contributed by atoms with E-state index in [4.69, 9.17) is 12.2 Å². The molecular weight excluding hydrogens is 420 g/mol. The summed E-state index contributed by atoms with van der Waals surface area (Å²) >= 11 is 1.71. The molecule has 1 saturated heterocycles. The SMILES string of the molecule is C#Cc1cccc(-c2cc(-c3cn(Cc4cnc(N5CCCCC5)s4)nn3)nc(N)n2)c1. The fourth-order valence-corrected chi connectivity index (χ4v) is 4.72. The zero-order chi connectivity index (χ0) is 21.9. The van der Waals surface area contributed by atoms with Crippen LogP contribution in [0.15, 0.2) is 42.7 Å². The quantitative estimate of drug-likeness (QED) is 0.473. The van der Waals surface area contributed by atoms with Gasteiger partial charge in [-0.15, -0.1) is 11.5 Å². The summed E-state index contributed by atoms with van der Waals surface area (Å²) in [7, 11) is 0. The molecule has 1 aromatic carbocycles. The molecule has 1 aliphatic rings. The third kappa shape index (κ3) is 4.31. The van der Waals surface area contributed by atoms with E-state index in [1.807, 2.05) is 42.7 Å². The molecule has 5 rings (SSSR count). The molecule has 4 heterocycles. The summed E-state index contributed by atoms with van der Waals surface area (Å²) in [6.45, 7) is 2.78. The van der Waals surface area contributed by atoms with Gasteiger partial charge in [0.25, 0.3) is 0 Å². The van der Waals surface area contributed by atoms with Crippen LogP contribution in [0.25, 0.3) is 22.6 Å². The maximum Gasteiger partial charge on any atom is 0.221 e. The minimum atomic E-state index is 0.173. The van der Waals surface area contributed by atoms with Gasteiger partial charge in [0.2, 0.25) is 5.95 Å². The molecule has 4 aromatic rings. The fourth-order valence-electron chi connectivity index (χ4n) is 3.77. The Morgan fingerprint density at radius 2 is 1.91 bits per heavy atom. The van der Waals surface area contributed by atoms with Gasteiger partial charge in [0, 0.05) is 35.3 Å². The van der Waals surface area contributed by atoms with Crippen molar-refractivity contribution < 1.29 is 0 Å². The summed E-state index contributed by atoms with van der Waals surface area (Å²) in [5, 5.41) is 9.66. The van der Waals surface area contributed by atoms with Crippen molar-refractivity contribution in [3.05, 3.63) is 53.2 Å². The van der Waals surface area contributed by atoms with E-state index in [-0.39, 0.29) is 5.95 Å². The molecule has 0 bridgehead atoms. The van der Waals surface area contributed by atoms with Crippen molar-refractivity contribution >= 4 is 22.4 Å². The first-order valence-corrected chi connectivity index (χ1v) is 11.3. The van der Waals surface area contributed by atoms with Gasteiger partial charge in [0.1, 0.15) is 5.69 Å². The van der Waals surface area contributed by atoms with E-state index < -0.39 is 0 Å². The molecule has 0 amide bonds. The van der Waals surface area contributed by atoms with Crippen LogP contribution in [0.5, 0.6) is 0 Å². The number of benzene rings is 1. The molecule has 0 aliphatic carbocycles. The number of thiazole rings is 1. The smallest absolute Gasteiger partial charge is 0.221 e.